The molecule has 33 heavy (non-hydrogen) atoms. The van der Waals surface area contributed by atoms with Gasteiger partial charge in [-0.05, 0) is 42.5 Å². The summed E-state index contributed by atoms with van der Waals surface area (Å²) in [7, 11) is -3.21. The van der Waals surface area contributed by atoms with Gasteiger partial charge in [0.15, 0.2) is 9.84 Å². The number of amides is 1. The summed E-state index contributed by atoms with van der Waals surface area (Å²) in [4.78, 5) is 37.0. The molecule has 1 saturated heterocycles. The zero-order valence-corrected chi connectivity index (χ0v) is 19.6. The minimum atomic E-state index is -3.21. The molecule has 176 valence electrons. The van der Waals surface area contributed by atoms with Crippen molar-refractivity contribution >= 4 is 38.4 Å². The van der Waals surface area contributed by atoms with E-state index in [4.69, 9.17) is 9.15 Å². The van der Waals surface area contributed by atoms with E-state index in [0.29, 0.717) is 23.0 Å². The third kappa shape index (κ3) is 4.85. The molecule has 1 amide bonds. The highest BCUT2D eigenvalue weighted by Gasteiger charge is 2.37. The van der Waals surface area contributed by atoms with E-state index in [1.807, 2.05) is 19.1 Å². The van der Waals surface area contributed by atoms with Crippen LogP contribution in [0.4, 0.5) is 0 Å². The van der Waals surface area contributed by atoms with E-state index in [1.165, 1.54) is 6.07 Å². The molecule has 4 rings (SSSR count). The van der Waals surface area contributed by atoms with E-state index in [-0.39, 0.29) is 48.5 Å². The maximum absolute atomic E-state index is 12.7. The lowest BCUT2D eigenvalue weighted by atomic mass is 9.95. The maximum Gasteiger partial charge on any atom is 0.354 e. The van der Waals surface area contributed by atoms with Crippen molar-refractivity contribution < 1.29 is 27.2 Å². The number of fused-ring (bicyclic) bond motifs is 1. The van der Waals surface area contributed by atoms with Crippen molar-refractivity contribution in [1.82, 2.24) is 5.01 Å². The smallest absolute Gasteiger partial charge is 0.354 e. The molecule has 0 radical (unpaired) electrons. The number of nitrogens with zero attached hydrogens (tertiary/aromatic N) is 2. The zero-order valence-electron chi connectivity index (χ0n) is 18.8. The van der Waals surface area contributed by atoms with Crippen LogP contribution in [0.15, 0.2) is 32.5 Å². The van der Waals surface area contributed by atoms with E-state index in [9.17, 15) is 22.8 Å². The van der Waals surface area contributed by atoms with Crippen LogP contribution in [-0.4, -0.2) is 48.6 Å². The first-order valence-corrected chi connectivity index (χ1v) is 12.7. The summed E-state index contributed by atoms with van der Waals surface area (Å²) in [6.07, 6.45) is 0.463. The molecule has 1 aromatic carbocycles. The molecule has 1 fully saturated rings. The number of rotatable bonds is 5. The molecule has 0 aliphatic carbocycles. The average Bonchev–Trinajstić information content (AvgIpc) is 3.10. The van der Waals surface area contributed by atoms with E-state index >= 15 is 0 Å². The standard InChI is InChI=1S/C23H26N2O7S/c1-13(2)17-10-18-15(9-22(27)32-20(18)8-14(17)3)11-31-23(28)19-4-5-21(26)25(24-19)16-6-7-33(29,30)12-16/h8-10,13,16H,4-7,11-12H2,1-3H3/t16-/m1/s1. The van der Waals surface area contributed by atoms with Crippen LogP contribution in [0.1, 0.15) is 55.7 Å². The molecule has 3 heterocycles. The lowest BCUT2D eigenvalue weighted by Crippen LogP contribution is -2.42. The number of carbonyl (C=O) groups is 2. The number of hydrazone groups is 1. The Bertz CT molecular complexity index is 1320. The molecule has 0 saturated carbocycles. The number of benzene rings is 1. The van der Waals surface area contributed by atoms with Crippen LogP contribution in [0.25, 0.3) is 11.0 Å². The number of aryl methyl sites for hydroxylation is 1. The lowest BCUT2D eigenvalue weighted by Gasteiger charge is -2.27. The molecule has 1 aromatic heterocycles. The Hall–Kier alpha value is -3.01. The monoisotopic (exact) mass is 474 g/mol. The van der Waals surface area contributed by atoms with Crippen LogP contribution in [0, 0.1) is 6.92 Å². The zero-order chi connectivity index (χ0) is 23.9. The number of hydrogen-bond acceptors (Lipinski definition) is 8. The quantitative estimate of drug-likeness (QED) is 0.482. The first kappa shape index (κ1) is 23.2. The van der Waals surface area contributed by atoms with E-state index in [2.05, 4.69) is 18.9 Å². The SMILES string of the molecule is Cc1cc2oc(=O)cc(COC(=O)C3=NN([C@@H]4CCS(=O)(=O)C4)C(=O)CC3)c2cc1C(C)C. The fraction of sp³-hybridized carbons (Fsp3) is 0.478. The van der Waals surface area contributed by atoms with Gasteiger partial charge in [0.1, 0.15) is 17.9 Å². The third-order valence-electron chi connectivity index (χ3n) is 6.05. The van der Waals surface area contributed by atoms with Crippen molar-refractivity contribution in [2.45, 2.75) is 58.6 Å². The van der Waals surface area contributed by atoms with Gasteiger partial charge in [-0.3, -0.25) is 4.79 Å². The van der Waals surface area contributed by atoms with Crippen LogP contribution in [-0.2, 0) is 30.8 Å². The van der Waals surface area contributed by atoms with Crippen molar-refractivity contribution in [3.8, 4) is 0 Å². The van der Waals surface area contributed by atoms with Crippen LogP contribution >= 0.6 is 0 Å². The maximum atomic E-state index is 12.7. The normalized spacial score (nSPS) is 20.4. The summed E-state index contributed by atoms with van der Waals surface area (Å²) in [6.45, 7) is 5.92. The van der Waals surface area contributed by atoms with Gasteiger partial charge in [-0.25, -0.2) is 23.0 Å². The number of sulfone groups is 1. The van der Waals surface area contributed by atoms with Gasteiger partial charge in [0.05, 0.1) is 17.5 Å². The van der Waals surface area contributed by atoms with Gasteiger partial charge >= 0.3 is 11.6 Å². The summed E-state index contributed by atoms with van der Waals surface area (Å²) in [5.41, 5.74) is 2.56. The Labute approximate surface area is 191 Å². The highest BCUT2D eigenvalue weighted by molar-refractivity contribution is 7.91. The molecular weight excluding hydrogens is 448 g/mol. The first-order chi connectivity index (χ1) is 15.5. The molecule has 1 atom stereocenters. The minimum absolute atomic E-state index is 0.00174. The molecule has 10 heteroatoms. The second-order valence-corrected chi connectivity index (χ2v) is 11.1. The number of carbonyl (C=O) groups excluding carboxylic acids is 2. The minimum Gasteiger partial charge on any atom is -0.456 e. The molecule has 0 N–H and O–H groups in total. The predicted molar refractivity (Wildman–Crippen MR) is 122 cm³/mol. The predicted octanol–water partition coefficient (Wildman–Crippen LogP) is 2.43. The molecule has 2 aliphatic rings. The fourth-order valence-electron chi connectivity index (χ4n) is 4.33. The molecular formula is C23H26N2O7S. The van der Waals surface area contributed by atoms with Gasteiger partial charge in [0, 0.05) is 29.9 Å². The Morgan fingerprint density at radius 3 is 2.67 bits per heavy atom. The van der Waals surface area contributed by atoms with Gasteiger partial charge in [0.25, 0.3) is 0 Å². The van der Waals surface area contributed by atoms with Gasteiger partial charge in [0.2, 0.25) is 5.91 Å². The number of ether oxygens (including phenoxy) is 1. The second kappa shape index (κ2) is 8.74. The number of hydrogen-bond donors (Lipinski definition) is 0. The molecule has 2 aliphatic heterocycles. The Kier molecular flexibility index (Phi) is 6.13. The highest BCUT2D eigenvalue weighted by atomic mass is 32.2. The topological polar surface area (TPSA) is 123 Å². The van der Waals surface area contributed by atoms with Gasteiger partial charge in [-0.15, -0.1) is 0 Å². The summed E-state index contributed by atoms with van der Waals surface area (Å²) < 4.78 is 34.3. The molecule has 0 spiro atoms. The second-order valence-electron chi connectivity index (χ2n) is 8.87. The fourth-order valence-corrected chi connectivity index (χ4v) is 6.02. The first-order valence-electron chi connectivity index (χ1n) is 10.9. The molecule has 0 bridgehead atoms. The molecule has 9 nitrogen and oxygen atoms in total. The summed E-state index contributed by atoms with van der Waals surface area (Å²) in [6, 6.07) is 4.49. The largest absolute Gasteiger partial charge is 0.456 e. The van der Waals surface area contributed by atoms with Gasteiger partial charge in [-0.1, -0.05) is 13.8 Å². The van der Waals surface area contributed by atoms with Crippen molar-refractivity contribution in [3.63, 3.8) is 0 Å². The van der Waals surface area contributed by atoms with E-state index < -0.39 is 27.5 Å². The van der Waals surface area contributed by atoms with Crippen LogP contribution in [0.2, 0.25) is 0 Å². The van der Waals surface area contributed by atoms with Gasteiger partial charge < -0.3 is 9.15 Å². The third-order valence-corrected chi connectivity index (χ3v) is 7.80. The van der Waals surface area contributed by atoms with Crippen LogP contribution in [0.5, 0.6) is 0 Å². The van der Waals surface area contributed by atoms with Crippen molar-refractivity contribution in [3.05, 3.63) is 45.3 Å². The molecule has 2 aromatic rings. The van der Waals surface area contributed by atoms with Gasteiger partial charge in [-0.2, -0.15) is 5.10 Å². The summed E-state index contributed by atoms with van der Waals surface area (Å²) in [5, 5.41) is 5.94. The lowest BCUT2D eigenvalue weighted by molar-refractivity contribution is -0.138. The highest BCUT2D eigenvalue weighted by Crippen LogP contribution is 2.27. The van der Waals surface area contributed by atoms with E-state index in [1.54, 1.807) is 0 Å². The summed E-state index contributed by atoms with van der Waals surface area (Å²) in [5.74, 6) is -0.911. The molecule has 0 unspecified atom stereocenters. The Morgan fingerprint density at radius 2 is 2.00 bits per heavy atom. The van der Waals surface area contributed by atoms with Crippen LogP contribution in [0.3, 0.4) is 0 Å². The Balaban J connectivity index is 1.56. The Morgan fingerprint density at radius 1 is 1.24 bits per heavy atom. The van der Waals surface area contributed by atoms with E-state index in [0.717, 1.165) is 16.1 Å². The van der Waals surface area contributed by atoms with Crippen LogP contribution < -0.4 is 5.63 Å². The van der Waals surface area contributed by atoms with Crippen molar-refractivity contribution in [2.24, 2.45) is 5.10 Å². The summed E-state index contributed by atoms with van der Waals surface area (Å²) >= 11 is 0. The van der Waals surface area contributed by atoms with Crippen molar-refractivity contribution in [1.29, 1.82) is 0 Å². The van der Waals surface area contributed by atoms with Crippen molar-refractivity contribution in [2.75, 3.05) is 11.5 Å². The average molecular weight is 475 g/mol. The number of esters is 1.